The fourth-order valence-electron chi connectivity index (χ4n) is 2.34. The van der Waals surface area contributed by atoms with Crippen molar-refractivity contribution in [1.29, 1.82) is 0 Å². The van der Waals surface area contributed by atoms with Gasteiger partial charge in [-0.05, 0) is 17.5 Å². The van der Waals surface area contributed by atoms with E-state index in [9.17, 15) is 4.79 Å². The van der Waals surface area contributed by atoms with Crippen molar-refractivity contribution in [3.63, 3.8) is 0 Å². The van der Waals surface area contributed by atoms with Gasteiger partial charge in [0, 0.05) is 7.05 Å². The van der Waals surface area contributed by atoms with Crippen LogP contribution in [0.5, 0.6) is 0 Å². The van der Waals surface area contributed by atoms with Crippen molar-refractivity contribution in [2.75, 3.05) is 32.6 Å². The van der Waals surface area contributed by atoms with E-state index in [2.05, 4.69) is 32.3 Å². The van der Waals surface area contributed by atoms with Gasteiger partial charge in [0.2, 0.25) is 0 Å². The number of carbonyl (C=O) groups is 1. The summed E-state index contributed by atoms with van der Waals surface area (Å²) in [5, 5.41) is 11.2. The smallest absolute Gasteiger partial charge is 0.323 e. The van der Waals surface area contributed by atoms with Crippen molar-refractivity contribution >= 4 is 28.1 Å². The minimum atomic E-state index is -0.825. The largest absolute Gasteiger partial charge is 1.00 e. The summed E-state index contributed by atoms with van der Waals surface area (Å²) in [5.74, 6) is -0.825. The number of anilines is 1. The zero-order chi connectivity index (χ0) is 14.0. The van der Waals surface area contributed by atoms with E-state index in [1.54, 1.807) is 4.90 Å². The van der Waals surface area contributed by atoms with E-state index in [4.69, 9.17) is 5.11 Å². The highest BCUT2D eigenvalue weighted by Gasteiger charge is 2.15. The lowest BCUT2D eigenvalue weighted by atomic mass is 10.1. The number of hydrogen-bond donors (Lipinski definition) is 2. The Morgan fingerprint density at radius 2 is 1.80 bits per heavy atom. The second-order valence-electron chi connectivity index (χ2n) is 4.93. The van der Waals surface area contributed by atoms with Gasteiger partial charge in [0.25, 0.3) is 0 Å². The zero-order valence-corrected chi connectivity index (χ0v) is 13.4. The molecule has 4 nitrogen and oxygen atoms in total. The molecule has 2 N–H and O–H groups in total. The Labute approximate surface area is 129 Å². The molecule has 0 heterocycles. The maximum atomic E-state index is 10.9. The first-order valence-corrected chi connectivity index (χ1v) is 6.26. The average molecular weight is 339 g/mol. The molecule has 0 atom stereocenters. The Hall–Kier alpha value is -1.59. The molecule has 0 aliphatic heterocycles. The van der Waals surface area contributed by atoms with Gasteiger partial charge < -0.3 is 31.9 Å². The Bertz CT molecular complexity index is 609. The maximum absolute atomic E-state index is 10.9. The molecule has 2 rings (SSSR count). The SMILES string of the molecule is CN(CC(=O)O)c1cccc2cccc([NH+](C)C)c12.[Br-]. The number of likely N-dealkylation sites (N-methyl/N-ethyl adjacent to an activating group) is 1. The quantitative estimate of drug-likeness (QED) is 0.687. The standard InChI is InChI=1S/C15H18N2O2.BrH/c1-16(2)12-8-4-6-11-7-5-9-13(15(11)12)17(3)10-14(18)19;/h4-9H,10H2,1-3H3,(H,18,19);1H. The van der Waals surface area contributed by atoms with E-state index in [1.165, 1.54) is 10.6 Å². The molecule has 0 radical (unpaired) electrons. The Morgan fingerprint density at radius 3 is 2.35 bits per heavy atom. The average Bonchev–Trinajstić information content (AvgIpc) is 2.36. The van der Waals surface area contributed by atoms with Crippen LogP contribution in [0.4, 0.5) is 11.4 Å². The van der Waals surface area contributed by atoms with Crippen LogP contribution in [0.3, 0.4) is 0 Å². The lowest BCUT2D eigenvalue weighted by Gasteiger charge is -2.21. The number of rotatable bonds is 4. The van der Waals surface area contributed by atoms with Crippen molar-refractivity contribution in [1.82, 2.24) is 0 Å². The van der Waals surface area contributed by atoms with E-state index in [0.717, 1.165) is 16.5 Å². The van der Waals surface area contributed by atoms with Crippen LogP contribution < -0.4 is 26.8 Å². The summed E-state index contributed by atoms with van der Waals surface area (Å²) in [6.45, 7) is -0.00376. The molecule has 2 aromatic rings. The van der Waals surface area contributed by atoms with E-state index in [-0.39, 0.29) is 23.5 Å². The summed E-state index contributed by atoms with van der Waals surface area (Å²) in [7, 11) is 5.95. The highest BCUT2D eigenvalue weighted by atomic mass is 79.9. The molecule has 0 spiro atoms. The van der Waals surface area contributed by atoms with Crippen LogP contribution in [-0.4, -0.2) is 38.8 Å². The highest BCUT2D eigenvalue weighted by molar-refractivity contribution is 6.01. The molecule has 0 unspecified atom stereocenters. The first-order chi connectivity index (χ1) is 9.00. The lowest BCUT2D eigenvalue weighted by Crippen LogP contribution is -3.00. The van der Waals surface area contributed by atoms with Gasteiger partial charge in [-0.25, -0.2) is 0 Å². The number of halogens is 1. The van der Waals surface area contributed by atoms with E-state index < -0.39 is 5.97 Å². The first kappa shape index (κ1) is 16.5. The monoisotopic (exact) mass is 338 g/mol. The van der Waals surface area contributed by atoms with E-state index >= 15 is 0 Å². The lowest BCUT2D eigenvalue weighted by molar-refractivity contribution is -0.785. The number of nitrogens with one attached hydrogen (secondary N) is 1. The van der Waals surface area contributed by atoms with Gasteiger partial charge in [-0.15, -0.1) is 0 Å². The van der Waals surface area contributed by atoms with Crippen LogP contribution in [0.2, 0.25) is 0 Å². The van der Waals surface area contributed by atoms with Gasteiger partial charge in [-0.2, -0.15) is 0 Å². The minimum Gasteiger partial charge on any atom is -1.00 e. The number of nitrogens with zero attached hydrogens (tertiary/aromatic N) is 1. The number of aliphatic carboxylic acids is 1. The molecule has 20 heavy (non-hydrogen) atoms. The second kappa shape index (κ2) is 6.72. The van der Waals surface area contributed by atoms with Gasteiger partial charge in [-0.1, -0.05) is 24.3 Å². The fourth-order valence-corrected chi connectivity index (χ4v) is 2.34. The Morgan fingerprint density at radius 1 is 1.20 bits per heavy atom. The molecule has 2 aromatic carbocycles. The van der Waals surface area contributed by atoms with Crippen molar-refractivity contribution < 1.29 is 31.8 Å². The molecule has 0 amide bonds. The molecule has 0 saturated heterocycles. The second-order valence-corrected chi connectivity index (χ2v) is 4.93. The first-order valence-electron chi connectivity index (χ1n) is 6.26. The topological polar surface area (TPSA) is 45.0 Å². The molecule has 5 heteroatoms. The Kier molecular flexibility index (Phi) is 5.53. The summed E-state index contributed by atoms with van der Waals surface area (Å²) in [6, 6.07) is 12.2. The van der Waals surface area contributed by atoms with Gasteiger partial charge in [-0.3, -0.25) is 4.79 Å². The highest BCUT2D eigenvalue weighted by Crippen LogP contribution is 2.30. The molecule has 0 aliphatic rings. The number of quaternary nitrogens is 1. The molecular formula is C15H19BrN2O2. The van der Waals surface area contributed by atoms with Gasteiger partial charge >= 0.3 is 5.97 Å². The molecule has 108 valence electrons. The van der Waals surface area contributed by atoms with Crippen LogP contribution in [0.1, 0.15) is 0 Å². The molecule has 0 aromatic heterocycles. The number of carboxylic acid groups (broad SMARTS) is 1. The normalized spacial score (nSPS) is 10.4. The fraction of sp³-hybridized carbons (Fsp3) is 0.267. The summed E-state index contributed by atoms with van der Waals surface area (Å²) in [5.41, 5.74) is 2.13. The molecule has 0 bridgehead atoms. The van der Waals surface area contributed by atoms with Crippen LogP contribution in [0.15, 0.2) is 36.4 Å². The van der Waals surface area contributed by atoms with Crippen molar-refractivity contribution in [2.45, 2.75) is 0 Å². The van der Waals surface area contributed by atoms with Crippen molar-refractivity contribution in [3.05, 3.63) is 36.4 Å². The van der Waals surface area contributed by atoms with Crippen LogP contribution in [0, 0.1) is 0 Å². The predicted molar refractivity (Wildman–Crippen MR) is 77.3 cm³/mol. The van der Waals surface area contributed by atoms with E-state index in [0.29, 0.717) is 0 Å². The zero-order valence-electron chi connectivity index (χ0n) is 11.9. The molecule has 0 saturated carbocycles. The third-order valence-electron chi connectivity index (χ3n) is 3.21. The number of carboxylic acids is 1. The van der Waals surface area contributed by atoms with Crippen LogP contribution in [-0.2, 0) is 4.79 Å². The van der Waals surface area contributed by atoms with Gasteiger partial charge in [0.1, 0.15) is 12.2 Å². The third kappa shape index (κ3) is 3.29. The molecule has 0 fully saturated rings. The van der Waals surface area contributed by atoms with Crippen LogP contribution >= 0.6 is 0 Å². The maximum Gasteiger partial charge on any atom is 0.323 e. The summed E-state index contributed by atoms with van der Waals surface area (Å²) in [6.07, 6.45) is 0. The van der Waals surface area contributed by atoms with Crippen molar-refractivity contribution in [2.24, 2.45) is 0 Å². The van der Waals surface area contributed by atoms with Crippen molar-refractivity contribution in [3.8, 4) is 0 Å². The van der Waals surface area contributed by atoms with Gasteiger partial charge in [0.15, 0.2) is 0 Å². The van der Waals surface area contributed by atoms with E-state index in [1.807, 2.05) is 25.2 Å². The summed E-state index contributed by atoms with van der Waals surface area (Å²) in [4.78, 5) is 13.9. The predicted octanol–water partition coefficient (Wildman–Crippen LogP) is -1.86. The van der Waals surface area contributed by atoms with Crippen LogP contribution in [0.25, 0.3) is 10.8 Å². The molecule has 0 aliphatic carbocycles. The number of benzene rings is 2. The molecular weight excluding hydrogens is 320 g/mol. The summed E-state index contributed by atoms with van der Waals surface area (Å²) < 4.78 is 0. The third-order valence-corrected chi connectivity index (χ3v) is 3.21. The minimum absolute atomic E-state index is 0. The van der Waals surface area contributed by atoms with Gasteiger partial charge in [0.05, 0.1) is 25.2 Å². The Balaban J connectivity index is 0.00000200. The summed E-state index contributed by atoms with van der Waals surface area (Å²) >= 11 is 0. The number of hydrogen-bond acceptors (Lipinski definition) is 2. The number of fused-ring (bicyclic) bond motifs is 1.